The van der Waals surface area contributed by atoms with Crippen LogP contribution in [0.25, 0.3) is 0 Å². The first-order valence-electron chi connectivity index (χ1n) is 5.48. The van der Waals surface area contributed by atoms with Crippen molar-refractivity contribution in [1.29, 1.82) is 0 Å². The van der Waals surface area contributed by atoms with Crippen molar-refractivity contribution in [3.05, 3.63) is 45.0 Å². The summed E-state index contributed by atoms with van der Waals surface area (Å²) in [6, 6.07) is 2.00. The summed E-state index contributed by atoms with van der Waals surface area (Å²) < 4.78 is 37.1. The van der Waals surface area contributed by atoms with Crippen molar-refractivity contribution in [2.75, 3.05) is 5.43 Å². The second-order valence-corrected chi connectivity index (χ2v) is 4.84. The SMILES string of the molecule is FC(F)(F)c1ccc(NN=Cc2c(Cl)nc(Cl)nc2Cl)nc1. The van der Waals surface area contributed by atoms with E-state index in [1.165, 1.54) is 6.21 Å². The molecule has 0 spiro atoms. The largest absolute Gasteiger partial charge is 0.417 e. The molecule has 2 aromatic rings. The third-order valence-corrected chi connectivity index (χ3v) is 3.03. The van der Waals surface area contributed by atoms with Gasteiger partial charge in [0, 0.05) is 6.20 Å². The van der Waals surface area contributed by atoms with Crippen LogP contribution in [-0.2, 0) is 6.18 Å². The van der Waals surface area contributed by atoms with Gasteiger partial charge in [-0.3, -0.25) is 5.43 Å². The van der Waals surface area contributed by atoms with Crippen LogP contribution in [0.2, 0.25) is 15.6 Å². The van der Waals surface area contributed by atoms with E-state index in [9.17, 15) is 13.2 Å². The minimum Gasteiger partial charge on any atom is -0.261 e. The van der Waals surface area contributed by atoms with Gasteiger partial charge >= 0.3 is 6.18 Å². The average molecular weight is 371 g/mol. The van der Waals surface area contributed by atoms with E-state index in [1.807, 2.05) is 0 Å². The van der Waals surface area contributed by atoms with Crippen LogP contribution in [0.3, 0.4) is 0 Å². The number of aromatic nitrogens is 3. The van der Waals surface area contributed by atoms with Gasteiger partial charge in [0.1, 0.15) is 16.1 Å². The van der Waals surface area contributed by atoms with Crippen LogP contribution in [0.15, 0.2) is 23.4 Å². The standard InChI is InChI=1S/C11H5Cl3F3N5/c12-8-6(9(13)21-10(14)20-8)4-19-22-7-2-1-5(3-18-7)11(15,16)17/h1-4H,(H,18,22). The van der Waals surface area contributed by atoms with Crippen LogP contribution in [0.1, 0.15) is 11.1 Å². The fourth-order valence-corrected chi connectivity index (χ4v) is 2.03. The number of hydrogen-bond donors (Lipinski definition) is 1. The number of hydrogen-bond acceptors (Lipinski definition) is 5. The van der Waals surface area contributed by atoms with E-state index < -0.39 is 11.7 Å². The summed E-state index contributed by atoms with van der Waals surface area (Å²) in [5.74, 6) is 0.103. The van der Waals surface area contributed by atoms with Gasteiger partial charge in [0.15, 0.2) is 0 Å². The highest BCUT2D eigenvalue weighted by atomic mass is 35.5. The highest BCUT2D eigenvalue weighted by Gasteiger charge is 2.30. The van der Waals surface area contributed by atoms with Crippen molar-refractivity contribution in [3.63, 3.8) is 0 Å². The Kier molecular flexibility index (Phi) is 5.05. The molecule has 2 heterocycles. The third kappa shape index (κ3) is 4.19. The lowest BCUT2D eigenvalue weighted by Gasteiger charge is -2.06. The Balaban J connectivity index is 2.10. The molecule has 0 aliphatic rings. The normalized spacial score (nSPS) is 11.9. The van der Waals surface area contributed by atoms with E-state index in [-0.39, 0.29) is 27.0 Å². The van der Waals surface area contributed by atoms with E-state index >= 15 is 0 Å². The summed E-state index contributed by atoms with van der Waals surface area (Å²) >= 11 is 17.2. The summed E-state index contributed by atoms with van der Waals surface area (Å²) in [5.41, 5.74) is 1.77. The van der Waals surface area contributed by atoms with E-state index in [4.69, 9.17) is 34.8 Å². The molecule has 0 aliphatic heterocycles. The topological polar surface area (TPSA) is 63.1 Å². The van der Waals surface area contributed by atoms with E-state index in [0.717, 1.165) is 12.1 Å². The molecule has 0 aromatic carbocycles. The van der Waals surface area contributed by atoms with Gasteiger partial charge in [-0.05, 0) is 23.7 Å². The quantitative estimate of drug-likeness (QED) is 0.379. The molecular weight excluding hydrogens is 366 g/mol. The Morgan fingerprint density at radius 2 is 1.73 bits per heavy atom. The lowest BCUT2D eigenvalue weighted by molar-refractivity contribution is -0.137. The molecule has 0 aliphatic carbocycles. The second-order valence-electron chi connectivity index (χ2n) is 3.79. The zero-order chi connectivity index (χ0) is 16.3. The van der Waals surface area contributed by atoms with Gasteiger partial charge < -0.3 is 0 Å². The summed E-state index contributed by atoms with van der Waals surface area (Å²) in [6.07, 6.45) is -2.57. The van der Waals surface area contributed by atoms with Crippen molar-refractivity contribution < 1.29 is 13.2 Å². The van der Waals surface area contributed by atoms with Crippen molar-refractivity contribution in [2.45, 2.75) is 6.18 Å². The lowest BCUT2D eigenvalue weighted by atomic mass is 10.3. The molecule has 0 saturated carbocycles. The van der Waals surface area contributed by atoms with Crippen LogP contribution in [0, 0.1) is 0 Å². The summed E-state index contributed by atoms with van der Waals surface area (Å²) in [7, 11) is 0. The predicted molar refractivity (Wildman–Crippen MR) is 77.5 cm³/mol. The minimum absolute atomic E-state index is 0.0177. The molecule has 5 nitrogen and oxygen atoms in total. The van der Waals surface area contributed by atoms with E-state index in [0.29, 0.717) is 6.20 Å². The summed E-state index contributed by atoms with van der Waals surface area (Å²) in [6.45, 7) is 0. The van der Waals surface area contributed by atoms with E-state index in [2.05, 4.69) is 25.5 Å². The highest BCUT2D eigenvalue weighted by Crippen LogP contribution is 2.28. The minimum atomic E-state index is -4.45. The molecule has 0 fully saturated rings. The maximum absolute atomic E-state index is 12.4. The molecule has 2 aromatic heterocycles. The third-order valence-electron chi connectivity index (χ3n) is 2.29. The Labute approximate surface area is 137 Å². The zero-order valence-corrected chi connectivity index (χ0v) is 12.6. The monoisotopic (exact) mass is 369 g/mol. The Morgan fingerprint density at radius 1 is 1.09 bits per heavy atom. The molecule has 11 heteroatoms. The van der Waals surface area contributed by atoms with Crippen molar-refractivity contribution in [3.8, 4) is 0 Å². The lowest BCUT2D eigenvalue weighted by Crippen LogP contribution is -2.05. The van der Waals surface area contributed by atoms with Crippen LogP contribution < -0.4 is 5.43 Å². The summed E-state index contributed by atoms with van der Waals surface area (Å²) in [5, 5.41) is 3.59. The van der Waals surface area contributed by atoms with Gasteiger partial charge in [0.05, 0.1) is 17.3 Å². The molecule has 22 heavy (non-hydrogen) atoms. The molecule has 116 valence electrons. The molecule has 0 unspecified atom stereocenters. The zero-order valence-electron chi connectivity index (χ0n) is 10.4. The number of nitrogens with one attached hydrogen (secondary N) is 1. The Morgan fingerprint density at radius 3 is 2.23 bits per heavy atom. The van der Waals surface area contributed by atoms with Gasteiger partial charge in [-0.1, -0.05) is 23.2 Å². The van der Waals surface area contributed by atoms with Gasteiger partial charge in [-0.15, -0.1) is 0 Å². The predicted octanol–water partition coefficient (Wildman–Crippen LogP) is 4.30. The molecule has 1 N–H and O–H groups in total. The smallest absolute Gasteiger partial charge is 0.261 e. The number of rotatable bonds is 3. The van der Waals surface area contributed by atoms with Crippen molar-refractivity contribution >= 4 is 46.8 Å². The molecule has 2 rings (SSSR count). The van der Waals surface area contributed by atoms with Crippen LogP contribution in [0.5, 0.6) is 0 Å². The molecule has 0 atom stereocenters. The average Bonchev–Trinajstić information content (AvgIpc) is 2.41. The Bertz CT molecular complexity index is 680. The van der Waals surface area contributed by atoms with Crippen LogP contribution in [-0.4, -0.2) is 21.2 Å². The fraction of sp³-hybridized carbons (Fsp3) is 0.0909. The summed E-state index contributed by atoms with van der Waals surface area (Å²) in [4.78, 5) is 10.9. The molecule has 0 amide bonds. The molecule has 0 radical (unpaired) electrons. The van der Waals surface area contributed by atoms with Crippen LogP contribution >= 0.6 is 34.8 Å². The number of nitrogens with zero attached hydrogens (tertiary/aromatic N) is 4. The molecule has 0 saturated heterocycles. The highest BCUT2D eigenvalue weighted by molar-refractivity contribution is 6.38. The van der Waals surface area contributed by atoms with Crippen LogP contribution in [0.4, 0.5) is 19.0 Å². The fourth-order valence-electron chi connectivity index (χ4n) is 1.29. The number of alkyl halides is 3. The van der Waals surface area contributed by atoms with Gasteiger partial charge in [0.25, 0.3) is 0 Å². The molecule has 0 bridgehead atoms. The first-order chi connectivity index (χ1) is 10.3. The number of anilines is 1. The number of hydrazone groups is 1. The number of pyridine rings is 1. The van der Waals surface area contributed by atoms with Gasteiger partial charge in [0.2, 0.25) is 5.28 Å². The molecular formula is C11H5Cl3F3N5. The van der Waals surface area contributed by atoms with Crippen molar-refractivity contribution in [2.24, 2.45) is 5.10 Å². The van der Waals surface area contributed by atoms with E-state index in [1.54, 1.807) is 0 Å². The van der Waals surface area contributed by atoms with Gasteiger partial charge in [-0.25, -0.2) is 15.0 Å². The number of halogens is 6. The van der Waals surface area contributed by atoms with Gasteiger partial charge in [-0.2, -0.15) is 18.3 Å². The maximum Gasteiger partial charge on any atom is 0.417 e. The van der Waals surface area contributed by atoms with Crippen molar-refractivity contribution in [1.82, 2.24) is 15.0 Å². The maximum atomic E-state index is 12.4. The first-order valence-corrected chi connectivity index (χ1v) is 6.61. The second kappa shape index (κ2) is 6.64. The Hall–Kier alpha value is -1.64. The first kappa shape index (κ1) is 16.7.